The fraction of sp³-hybridized carbons (Fsp3) is 0.636. The van der Waals surface area contributed by atoms with Crippen molar-refractivity contribution in [3.05, 3.63) is 11.8 Å². The summed E-state index contributed by atoms with van der Waals surface area (Å²) in [6, 6.07) is 0. The molecule has 14 heavy (non-hydrogen) atoms. The molecule has 78 valence electrons. The van der Waals surface area contributed by atoms with E-state index in [0.717, 1.165) is 25.2 Å². The summed E-state index contributed by atoms with van der Waals surface area (Å²) in [5.74, 6) is 0. The van der Waals surface area contributed by atoms with Gasteiger partial charge in [0.2, 0.25) is 0 Å². The first-order chi connectivity index (χ1) is 6.77. The fourth-order valence-corrected chi connectivity index (χ4v) is 1.66. The average Bonchev–Trinajstić information content (AvgIpc) is 2.26. The van der Waals surface area contributed by atoms with Crippen LogP contribution in [0.4, 0.5) is 0 Å². The number of likely N-dealkylation sites (tertiary alicyclic amines) is 1. The van der Waals surface area contributed by atoms with Gasteiger partial charge >= 0.3 is 0 Å². The minimum Gasteiger partial charge on any atom is -0.370 e. The van der Waals surface area contributed by atoms with Crippen LogP contribution in [-0.2, 0) is 0 Å². The lowest BCUT2D eigenvalue weighted by Crippen LogP contribution is -2.30. The van der Waals surface area contributed by atoms with Crippen molar-refractivity contribution in [1.29, 1.82) is 10.8 Å². The number of allylic oxidation sites excluding steroid dienone is 2. The van der Waals surface area contributed by atoms with Crippen molar-refractivity contribution in [1.82, 2.24) is 4.90 Å². The van der Waals surface area contributed by atoms with Crippen LogP contribution in [0.25, 0.3) is 0 Å². The van der Waals surface area contributed by atoms with E-state index >= 15 is 0 Å². The quantitative estimate of drug-likeness (QED) is 0.662. The lowest BCUT2D eigenvalue weighted by Gasteiger charge is -2.29. The molecular formula is C11H19N3. The van der Waals surface area contributed by atoms with E-state index in [9.17, 15) is 0 Å². The number of nitrogens with zero attached hydrogens (tertiary/aromatic N) is 1. The molecule has 1 aliphatic rings. The summed E-state index contributed by atoms with van der Waals surface area (Å²) >= 11 is 0. The Balaban J connectivity index is 2.64. The van der Waals surface area contributed by atoms with Gasteiger partial charge in [-0.25, -0.2) is 0 Å². The molecule has 1 fully saturated rings. The molecule has 0 aromatic heterocycles. The second-order valence-electron chi connectivity index (χ2n) is 3.64. The van der Waals surface area contributed by atoms with Crippen molar-refractivity contribution in [3.8, 4) is 0 Å². The van der Waals surface area contributed by atoms with Crippen molar-refractivity contribution in [2.75, 3.05) is 13.1 Å². The van der Waals surface area contributed by atoms with Crippen molar-refractivity contribution >= 4 is 11.9 Å². The van der Waals surface area contributed by atoms with Crippen LogP contribution in [0, 0.1) is 10.8 Å². The number of nitrogens with one attached hydrogen (secondary N) is 2. The first-order valence-electron chi connectivity index (χ1n) is 5.32. The van der Waals surface area contributed by atoms with Gasteiger partial charge in [-0.1, -0.05) is 6.92 Å². The first kappa shape index (κ1) is 11.0. The molecule has 0 atom stereocenters. The molecule has 0 saturated carbocycles. The van der Waals surface area contributed by atoms with E-state index < -0.39 is 0 Å². The second-order valence-corrected chi connectivity index (χ2v) is 3.64. The third-order valence-corrected chi connectivity index (χ3v) is 2.57. The molecule has 1 heterocycles. The molecule has 0 radical (unpaired) electrons. The standard InChI is InChI=1S/C11H19N3/c1-2-10(13)8-11(9-12)14-6-4-3-5-7-14/h8-9,12-13H,2-7H2,1H3/b11-8+,12-9?,13-10?. The lowest BCUT2D eigenvalue weighted by molar-refractivity contribution is 0.299. The van der Waals surface area contributed by atoms with Gasteiger partial charge in [-0.15, -0.1) is 0 Å². The SMILES string of the molecule is CCC(=N)/C=C(\C=N)N1CCCCC1. The zero-order valence-corrected chi connectivity index (χ0v) is 8.84. The molecule has 3 nitrogen and oxygen atoms in total. The molecule has 1 aliphatic heterocycles. The van der Waals surface area contributed by atoms with Crippen LogP contribution in [0.2, 0.25) is 0 Å². The minimum absolute atomic E-state index is 0.606. The zero-order chi connectivity index (χ0) is 10.4. The van der Waals surface area contributed by atoms with Crippen molar-refractivity contribution < 1.29 is 0 Å². The Bertz CT molecular complexity index is 237. The van der Waals surface area contributed by atoms with Gasteiger partial charge in [0.15, 0.2) is 0 Å². The Labute approximate surface area is 85.8 Å². The van der Waals surface area contributed by atoms with Crippen molar-refractivity contribution in [3.63, 3.8) is 0 Å². The van der Waals surface area contributed by atoms with E-state index in [-0.39, 0.29) is 0 Å². The van der Waals surface area contributed by atoms with Gasteiger partial charge < -0.3 is 15.7 Å². The van der Waals surface area contributed by atoms with Gasteiger partial charge in [0, 0.05) is 25.0 Å². The Morgan fingerprint density at radius 3 is 2.43 bits per heavy atom. The molecule has 0 bridgehead atoms. The first-order valence-corrected chi connectivity index (χ1v) is 5.32. The van der Waals surface area contributed by atoms with Crippen LogP contribution in [0.1, 0.15) is 32.6 Å². The third-order valence-electron chi connectivity index (χ3n) is 2.57. The predicted molar refractivity (Wildman–Crippen MR) is 60.3 cm³/mol. The molecule has 0 aliphatic carbocycles. The molecule has 0 unspecified atom stereocenters. The minimum atomic E-state index is 0.606. The van der Waals surface area contributed by atoms with Crippen LogP contribution in [-0.4, -0.2) is 29.9 Å². The summed E-state index contributed by atoms with van der Waals surface area (Å²) in [7, 11) is 0. The number of hydrogen-bond donors (Lipinski definition) is 2. The zero-order valence-electron chi connectivity index (χ0n) is 8.84. The Morgan fingerprint density at radius 1 is 1.29 bits per heavy atom. The van der Waals surface area contributed by atoms with Gasteiger partial charge in [0.05, 0.1) is 5.70 Å². The molecule has 2 N–H and O–H groups in total. The van der Waals surface area contributed by atoms with Crippen LogP contribution in [0.3, 0.4) is 0 Å². The maximum Gasteiger partial charge on any atom is 0.0562 e. The maximum absolute atomic E-state index is 7.58. The van der Waals surface area contributed by atoms with E-state index in [1.54, 1.807) is 0 Å². The van der Waals surface area contributed by atoms with Gasteiger partial charge in [0.25, 0.3) is 0 Å². The topological polar surface area (TPSA) is 50.9 Å². The van der Waals surface area contributed by atoms with Gasteiger partial charge in [-0.05, 0) is 31.8 Å². The van der Waals surface area contributed by atoms with Crippen LogP contribution in [0.5, 0.6) is 0 Å². The fourth-order valence-electron chi connectivity index (χ4n) is 1.66. The van der Waals surface area contributed by atoms with E-state index in [1.165, 1.54) is 25.5 Å². The largest absolute Gasteiger partial charge is 0.370 e. The molecule has 0 spiro atoms. The van der Waals surface area contributed by atoms with Gasteiger partial charge in [0.1, 0.15) is 0 Å². The van der Waals surface area contributed by atoms with Crippen molar-refractivity contribution in [2.24, 2.45) is 0 Å². The molecule has 1 saturated heterocycles. The van der Waals surface area contributed by atoms with E-state index in [4.69, 9.17) is 10.8 Å². The molecule has 3 heteroatoms. The van der Waals surface area contributed by atoms with Crippen molar-refractivity contribution in [2.45, 2.75) is 32.6 Å². The Hall–Kier alpha value is -1.12. The maximum atomic E-state index is 7.58. The van der Waals surface area contributed by atoms with Gasteiger partial charge in [-0.3, -0.25) is 0 Å². The van der Waals surface area contributed by atoms with E-state index in [1.807, 2.05) is 13.0 Å². The highest BCUT2D eigenvalue weighted by molar-refractivity contribution is 5.96. The number of rotatable bonds is 4. The van der Waals surface area contributed by atoms with Crippen LogP contribution < -0.4 is 0 Å². The summed E-state index contributed by atoms with van der Waals surface area (Å²) < 4.78 is 0. The summed E-state index contributed by atoms with van der Waals surface area (Å²) in [6.45, 7) is 4.05. The summed E-state index contributed by atoms with van der Waals surface area (Å²) in [5.41, 5.74) is 1.51. The normalized spacial score (nSPS) is 18.1. The smallest absolute Gasteiger partial charge is 0.0562 e. The third kappa shape index (κ3) is 2.98. The van der Waals surface area contributed by atoms with E-state index in [2.05, 4.69) is 4.90 Å². The monoisotopic (exact) mass is 193 g/mol. The predicted octanol–water partition coefficient (Wildman–Crippen LogP) is 2.44. The molecule has 1 rings (SSSR count). The average molecular weight is 193 g/mol. The summed E-state index contributed by atoms with van der Waals surface area (Å²) in [6.07, 6.45) is 7.65. The summed E-state index contributed by atoms with van der Waals surface area (Å²) in [5, 5.41) is 14.9. The second kappa shape index (κ2) is 5.58. The molecule has 0 aromatic rings. The molecular weight excluding hydrogens is 174 g/mol. The Morgan fingerprint density at radius 2 is 1.93 bits per heavy atom. The Kier molecular flexibility index (Phi) is 4.36. The molecule has 0 aromatic carbocycles. The lowest BCUT2D eigenvalue weighted by atomic mass is 10.1. The van der Waals surface area contributed by atoms with Crippen LogP contribution >= 0.6 is 0 Å². The number of piperidine rings is 1. The molecule has 0 amide bonds. The highest BCUT2D eigenvalue weighted by atomic mass is 15.1. The van der Waals surface area contributed by atoms with E-state index in [0.29, 0.717) is 5.71 Å². The highest BCUT2D eigenvalue weighted by Gasteiger charge is 2.11. The highest BCUT2D eigenvalue weighted by Crippen LogP contribution is 2.13. The van der Waals surface area contributed by atoms with Crippen LogP contribution in [0.15, 0.2) is 11.8 Å². The summed E-state index contributed by atoms with van der Waals surface area (Å²) in [4.78, 5) is 2.21. The number of hydrogen-bond acceptors (Lipinski definition) is 3. The van der Waals surface area contributed by atoms with Gasteiger partial charge in [-0.2, -0.15) is 0 Å².